The van der Waals surface area contributed by atoms with E-state index in [1.165, 1.54) is 18.4 Å². The van der Waals surface area contributed by atoms with Crippen LogP contribution in [0.5, 0.6) is 0 Å². The summed E-state index contributed by atoms with van der Waals surface area (Å²) in [6.45, 7) is 2.11. The molecule has 0 aromatic rings. The number of nitrogens with zero attached hydrogens (tertiary/aromatic N) is 1. The predicted octanol–water partition coefficient (Wildman–Crippen LogP) is 2.56. The lowest BCUT2D eigenvalue weighted by Gasteiger charge is -2.14. The van der Waals surface area contributed by atoms with Crippen LogP contribution in [-0.2, 0) is 4.79 Å². The van der Waals surface area contributed by atoms with E-state index >= 15 is 0 Å². The average molecular weight is 151 g/mol. The number of carbonyl (C=O) groups excluding carboxylic acids is 1. The highest BCUT2D eigenvalue weighted by atomic mass is 16.1. The van der Waals surface area contributed by atoms with Crippen LogP contribution in [0, 0.1) is 0 Å². The average Bonchev–Trinajstić information content (AvgIpc) is 2.06. The zero-order chi connectivity index (χ0) is 8.10. The van der Waals surface area contributed by atoms with Crippen LogP contribution in [0.4, 0.5) is 0 Å². The van der Waals surface area contributed by atoms with E-state index in [-0.39, 0.29) is 0 Å². The summed E-state index contributed by atoms with van der Waals surface area (Å²) < 4.78 is 0. The molecule has 0 unspecified atom stereocenters. The van der Waals surface area contributed by atoms with Crippen molar-refractivity contribution in [3.8, 4) is 0 Å². The standard InChI is InChI=1S/C9H13NO/c1-2-8-5-3-4-6-9(8)10-7-11/h2-6H2,1H3. The Morgan fingerprint density at radius 1 is 1.45 bits per heavy atom. The predicted molar refractivity (Wildman–Crippen MR) is 43.9 cm³/mol. The maximum atomic E-state index is 10.0. The molecule has 0 bridgehead atoms. The molecule has 0 saturated heterocycles. The van der Waals surface area contributed by atoms with Crippen LogP contribution in [0.25, 0.3) is 0 Å². The Balaban J connectivity index is 2.80. The normalized spacial score (nSPS) is 17.9. The van der Waals surface area contributed by atoms with E-state index in [1.807, 2.05) is 0 Å². The molecule has 2 heteroatoms. The van der Waals surface area contributed by atoms with Crippen molar-refractivity contribution >= 4 is 6.08 Å². The molecule has 60 valence electrons. The summed E-state index contributed by atoms with van der Waals surface area (Å²) in [6, 6.07) is 0. The maximum absolute atomic E-state index is 10.0. The van der Waals surface area contributed by atoms with Gasteiger partial charge in [0.2, 0.25) is 6.08 Å². The lowest BCUT2D eigenvalue weighted by Crippen LogP contribution is -1.96. The third-order valence-corrected chi connectivity index (χ3v) is 2.16. The minimum atomic E-state index is 0.971. The van der Waals surface area contributed by atoms with Gasteiger partial charge >= 0.3 is 0 Å². The van der Waals surface area contributed by atoms with E-state index in [1.54, 1.807) is 6.08 Å². The van der Waals surface area contributed by atoms with E-state index in [9.17, 15) is 4.79 Å². The Kier molecular flexibility index (Phi) is 3.06. The van der Waals surface area contributed by atoms with Crippen LogP contribution in [0.15, 0.2) is 16.3 Å². The van der Waals surface area contributed by atoms with Crippen molar-refractivity contribution < 1.29 is 4.79 Å². The molecule has 0 amide bonds. The second-order valence-corrected chi connectivity index (χ2v) is 2.81. The Morgan fingerprint density at radius 2 is 2.18 bits per heavy atom. The molecular formula is C9H13NO. The number of hydrogen-bond acceptors (Lipinski definition) is 2. The van der Waals surface area contributed by atoms with Crippen LogP contribution >= 0.6 is 0 Å². The van der Waals surface area contributed by atoms with E-state index in [2.05, 4.69) is 11.9 Å². The van der Waals surface area contributed by atoms with Crippen LogP contribution in [0.2, 0.25) is 0 Å². The first kappa shape index (κ1) is 8.22. The molecule has 0 atom stereocenters. The number of rotatable bonds is 2. The van der Waals surface area contributed by atoms with Gasteiger partial charge in [-0.1, -0.05) is 6.92 Å². The molecule has 0 saturated carbocycles. The molecular weight excluding hydrogens is 138 g/mol. The maximum Gasteiger partial charge on any atom is 0.240 e. The SMILES string of the molecule is CCC1=C(N=C=O)CCCC1. The van der Waals surface area contributed by atoms with Crippen molar-refractivity contribution in [2.75, 3.05) is 0 Å². The van der Waals surface area contributed by atoms with E-state index in [4.69, 9.17) is 0 Å². The van der Waals surface area contributed by atoms with Gasteiger partial charge in [-0.3, -0.25) is 0 Å². The third-order valence-electron chi connectivity index (χ3n) is 2.16. The molecule has 11 heavy (non-hydrogen) atoms. The summed E-state index contributed by atoms with van der Waals surface area (Å²) in [4.78, 5) is 13.7. The first-order valence-electron chi connectivity index (χ1n) is 4.17. The molecule has 0 N–H and O–H groups in total. The number of allylic oxidation sites excluding steroid dienone is 2. The van der Waals surface area contributed by atoms with Gasteiger partial charge in [-0.15, -0.1) is 0 Å². The van der Waals surface area contributed by atoms with E-state index in [0.717, 1.165) is 25.0 Å². The first-order chi connectivity index (χ1) is 5.38. The van der Waals surface area contributed by atoms with Crippen molar-refractivity contribution in [2.24, 2.45) is 4.99 Å². The fourth-order valence-corrected chi connectivity index (χ4v) is 1.52. The minimum absolute atomic E-state index is 0.971. The molecule has 0 radical (unpaired) electrons. The molecule has 2 nitrogen and oxygen atoms in total. The van der Waals surface area contributed by atoms with Gasteiger partial charge in [-0.2, -0.15) is 4.99 Å². The zero-order valence-electron chi connectivity index (χ0n) is 6.89. The largest absolute Gasteiger partial charge is 0.240 e. The second kappa shape index (κ2) is 4.09. The van der Waals surface area contributed by atoms with Crippen LogP contribution in [-0.4, -0.2) is 6.08 Å². The molecule has 0 aliphatic heterocycles. The van der Waals surface area contributed by atoms with E-state index in [0.29, 0.717) is 0 Å². The van der Waals surface area contributed by atoms with Crippen LogP contribution in [0.1, 0.15) is 39.0 Å². The van der Waals surface area contributed by atoms with Crippen molar-refractivity contribution in [3.63, 3.8) is 0 Å². The van der Waals surface area contributed by atoms with Crippen molar-refractivity contribution in [3.05, 3.63) is 11.3 Å². The molecule has 0 aromatic carbocycles. The Labute approximate surface area is 67.0 Å². The van der Waals surface area contributed by atoms with Gasteiger partial charge in [0, 0.05) is 0 Å². The fraction of sp³-hybridized carbons (Fsp3) is 0.667. The molecule has 0 spiro atoms. The monoisotopic (exact) mass is 151 g/mol. The van der Waals surface area contributed by atoms with Gasteiger partial charge in [0.25, 0.3) is 0 Å². The highest BCUT2D eigenvalue weighted by Gasteiger charge is 2.09. The number of isocyanates is 1. The van der Waals surface area contributed by atoms with Crippen LogP contribution < -0.4 is 0 Å². The molecule has 0 heterocycles. The third kappa shape index (κ3) is 2.02. The summed E-state index contributed by atoms with van der Waals surface area (Å²) in [5.74, 6) is 0. The minimum Gasteiger partial charge on any atom is -0.211 e. The molecule has 1 aliphatic carbocycles. The highest BCUT2D eigenvalue weighted by Crippen LogP contribution is 2.26. The van der Waals surface area contributed by atoms with Gasteiger partial charge in [0.05, 0.1) is 5.70 Å². The lowest BCUT2D eigenvalue weighted by atomic mass is 9.95. The van der Waals surface area contributed by atoms with Crippen molar-refractivity contribution in [1.29, 1.82) is 0 Å². The Hall–Kier alpha value is -0.880. The summed E-state index contributed by atoms with van der Waals surface area (Å²) in [5, 5.41) is 0. The molecule has 0 fully saturated rings. The van der Waals surface area contributed by atoms with Gasteiger partial charge in [-0.25, -0.2) is 4.79 Å². The van der Waals surface area contributed by atoms with E-state index < -0.39 is 0 Å². The molecule has 1 rings (SSSR count). The summed E-state index contributed by atoms with van der Waals surface area (Å²) in [7, 11) is 0. The first-order valence-corrected chi connectivity index (χ1v) is 4.17. The Bertz CT molecular complexity index is 212. The number of hydrogen-bond donors (Lipinski definition) is 0. The second-order valence-electron chi connectivity index (χ2n) is 2.81. The van der Waals surface area contributed by atoms with Gasteiger partial charge in [0.15, 0.2) is 0 Å². The number of aliphatic imine (C=N–C) groups is 1. The topological polar surface area (TPSA) is 29.4 Å². The molecule has 1 aliphatic rings. The Morgan fingerprint density at radius 3 is 2.82 bits per heavy atom. The summed E-state index contributed by atoms with van der Waals surface area (Å²) in [5.41, 5.74) is 2.34. The summed E-state index contributed by atoms with van der Waals surface area (Å²) >= 11 is 0. The fourth-order valence-electron chi connectivity index (χ4n) is 1.52. The molecule has 0 aromatic heterocycles. The lowest BCUT2D eigenvalue weighted by molar-refractivity contribution is 0.562. The van der Waals surface area contributed by atoms with Crippen molar-refractivity contribution in [2.45, 2.75) is 39.0 Å². The van der Waals surface area contributed by atoms with Gasteiger partial charge in [-0.05, 0) is 37.7 Å². The smallest absolute Gasteiger partial charge is 0.211 e. The highest BCUT2D eigenvalue weighted by molar-refractivity contribution is 5.38. The van der Waals surface area contributed by atoms with Crippen molar-refractivity contribution in [1.82, 2.24) is 0 Å². The van der Waals surface area contributed by atoms with Gasteiger partial charge < -0.3 is 0 Å². The quantitative estimate of drug-likeness (QED) is 0.440. The van der Waals surface area contributed by atoms with Crippen LogP contribution in [0.3, 0.4) is 0 Å². The summed E-state index contributed by atoms with van der Waals surface area (Å²) in [6.07, 6.45) is 7.16. The zero-order valence-corrected chi connectivity index (χ0v) is 6.89. The van der Waals surface area contributed by atoms with Gasteiger partial charge in [0.1, 0.15) is 0 Å².